The molecule has 0 aromatic rings. The van der Waals surface area contributed by atoms with Crippen molar-refractivity contribution in [3.63, 3.8) is 0 Å². The van der Waals surface area contributed by atoms with Gasteiger partial charge < -0.3 is 0 Å². The monoisotopic (exact) mass is 192 g/mol. The molecule has 2 aliphatic carbocycles. The Labute approximate surface area is 81.8 Å². The number of fused-ring (bicyclic) bond motifs is 1. The van der Waals surface area contributed by atoms with Gasteiger partial charge in [0, 0.05) is 0 Å². The van der Waals surface area contributed by atoms with Gasteiger partial charge in [0.15, 0.2) is 0 Å². The number of hydrogen-bond donors (Lipinski definition) is 0. The molecular weight excluding hydrogens is 182 g/mol. The highest BCUT2D eigenvalue weighted by Crippen LogP contribution is 2.19. The van der Waals surface area contributed by atoms with Gasteiger partial charge >= 0.3 is 0 Å². The minimum Gasteiger partial charge on any atom is -0.174 e. The Kier molecular flexibility index (Phi) is 3.80. The zero-order valence-corrected chi connectivity index (χ0v) is 7.58. The third-order valence-electron chi connectivity index (χ3n) is 1.66. The molecule has 0 fully saturated rings. The summed E-state index contributed by atoms with van der Waals surface area (Å²) in [5, 5.41) is 0. The third kappa shape index (κ3) is 3.35. The molecule has 14 heavy (non-hydrogen) atoms. The summed E-state index contributed by atoms with van der Waals surface area (Å²) in [5.41, 5.74) is 2.62. The smallest absolute Gasteiger partial charge is 0.174 e. The van der Waals surface area contributed by atoms with Gasteiger partial charge in [-0.15, -0.1) is 0 Å². The lowest BCUT2D eigenvalue weighted by Crippen LogP contribution is -1.59. The van der Waals surface area contributed by atoms with Crippen molar-refractivity contribution in [3.8, 4) is 11.1 Å². The van der Waals surface area contributed by atoms with Crippen molar-refractivity contribution in [3.05, 3.63) is 61.2 Å². The van der Waals surface area contributed by atoms with Gasteiger partial charge in [0.05, 0.1) is 0 Å². The summed E-state index contributed by atoms with van der Waals surface area (Å²) in [6.07, 6.45) is -1.83. The maximum Gasteiger partial charge on any atom is 0.263 e. The Morgan fingerprint density at radius 1 is 0.786 bits per heavy atom. The van der Waals surface area contributed by atoms with Crippen molar-refractivity contribution >= 4 is 0 Å². The molecule has 0 saturated carbocycles. The first-order valence-electron chi connectivity index (χ1n) is 4.14. The molecule has 2 heteroatoms. The summed E-state index contributed by atoms with van der Waals surface area (Å²) < 4.78 is 20.3. The number of hydrogen-bond acceptors (Lipinski definition) is 0. The van der Waals surface area contributed by atoms with Crippen LogP contribution in [0.4, 0.5) is 8.78 Å². The summed E-state index contributed by atoms with van der Waals surface area (Å²) in [6, 6.07) is 16.7. The molecule has 0 aromatic heterocycles. The molecule has 0 spiro atoms. The first kappa shape index (κ1) is 10.4. The van der Waals surface area contributed by atoms with Gasteiger partial charge in [-0.3, -0.25) is 0 Å². The van der Waals surface area contributed by atoms with Crippen LogP contribution in [0.15, 0.2) is 61.2 Å². The molecule has 0 heterocycles. The van der Waals surface area contributed by atoms with E-state index in [1.165, 1.54) is 11.1 Å². The zero-order chi connectivity index (χ0) is 10.4. The van der Waals surface area contributed by atoms with E-state index in [2.05, 4.69) is 49.0 Å². The lowest BCUT2D eigenvalue weighted by Gasteiger charge is -1.85. The maximum absolute atomic E-state index is 10.1. The third-order valence-corrected chi connectivity index (χ3v) is 1.66. The second kappa shape index (κ2) is 5.12. The standard InChI is InChI=1S/C10H8.C2H2F2/c1-2-5-9-7-4-8-10(9)6-3-1;1-2(3)4/h1-8H;1H2. The quantitative estimate of drug-likeness (QED) is 0.587. The lowest BCUT2D eigenvalue weighted by molar-refractivity contribution is 0.426. The number of rotatable bonds is 0. The Hall–Kier alpha value is -1.70. The molecular formula is C12H10F2. The van der Waals surface area contributed by atoms with Crippen LogP contribution in [0.3, 0.4) is 0 Å². The van der Waals surface area contributed by atoms with Crippen molar-refractivity contribution in [2.24, 2.45) is 0 Å². The molecule has 2 rings (SSSR count). The predicted molar refractivity (Wildman–Crippen MR) is 54.4 cm³/mol. The van der Waals surface area contributed by atoms with Crippen LogP contribution in [0.2, 0.25) is 0 Å². The second-order valence-electron chi connectivity index (χ2n) is 2.69. The fourth-order valence-electron chi connectivity index (χ4n) is 1.13. The van der Waals surface area contributed by atoms with Crippen LogP contribution in [0.25, 0.3) is 11.1 Å². The van der Waals surface area contributed by atoms with Crippen LogP contribution in [0, 0.1) is 0 Å². The topological polar surface area (TPSA) is 0 Å². The Bertz CT molecular complexity index is 350. The summed E-state index contributed by atoms with van der Waals surface area (Å²) in [7, 11) is 0. The molecule has 2 aliphatic rings. The van der Waals surface area contributed by atoms with E-state index in [1.807, 2.05) is 6.07 Å². The number of halogens is 2. The molecule has 0 aromatic carbocycles. The summed E-state index contributed by atoms with van der Waals surface area (Å²) >= 11 is 0. The van der Waals surface area contributed by atoms with E-state index in [0.29, 0.717) is 0 Å². The molecule has 0 radical (unpaired) electrons. The van der Waals surface area contributed by atoms with Gasteiger partial charge in [-0.25, -0.2) is 0 Å². The van der Waals surface area contributed by atoms with E-state index in [-0.39, 0.29) is 0 Å². The van der Waals surface area contributed by atoms with Gasteiger partial charge in [0.1, 0.15) is 0 Å². The van der Waals surface area contributed by atoms with E-state index < -0.39 is 6.08 Å². The van der Waals surface area contributed by atoms with Crippen LogP contribution in [-0.2, 0) is 0 Å². The van der Waals surface area contributed by atoms with Crippen molar-refractivity contribution in [1.29, 1.82) is 0 Å². The van der Waals surface area contributed by atoms with Crippen LogP contribution < -0.4 is 0 Å². The van der Waals surface area contributed by atoms with E-state index in [1.54, 1.807) is 0 Å². The fourth-order valence-corrected chi connectivity index (χ4v) is 1.13. The van der Waals surface area contributed by atoms with Gasteiger partial charge in [-0.2, -0.15) is 8.78 Å². The van der Waals surface area contributed by atoms with Crippen molar-refractivity contribution in [1.82, 2.24) is 0 Å². The molecule has 0 nitrogen and oxygen atoms in total. The SMILES string of the molecule is C=C(F)F.c1ccc2cccc-2cc1. The van der Waals surface area contributed by atoms with Gasteiger partial charge in [0.2, 0.25) is 0 Å². The highest BCUT2D eigenvalue weighted by atomic mass is 19.3. The van der Waals surface area contributed by atoms with Crippen LogP contribution >= 0.6 is 0 Å². The molecule has 0 bridgehead atoms. The summed E-state index contributed by atoms with van der Waals surface area (Å²) in [5.74, 6) is 0. The molecule has 0 atom stereocenters. The molecule has 0 N–H and O–H groups in total. The van der Waals surface area contributed by atoms with Crippen LogP contribution in [-0.4, -0.2) is 0 Å². The molecule has 72 valence electrons. The predicted octanol–water partition coefficient (Wildman–Crippen LogP) is 4.19. The Morgan fingerprint density at radius 2 is 1.14 bits per heavy atom. The second-order valence-corrected chi connectivity index (χ2v) is 2.69. The van der Waals surface area contributed by atoms with E-state index in [9.17, 15) is 8.78 Å². The van der Waals surface area contributed by atoms with Crippen LogP contribution in [0.1, 0.15) is 0 Å². The first-order valence-corrected chi connectivity index (χ1v) is 4.14. The molecule has 0 unspecified atom stereocenters. The van der Waals surface area contributed by atoms with Crippen molar-refractivity contribution in [2.75, 3.05) is 0 Å². The fraction of sp³-hybridized carbons (Fsp3) is 0. The van der Waals surface area contributed by atoms with Crippen molar-refractivity contribution < 1.29 is 8.78 Å². The van der Waals surface area contributed by atoms with Gasteiger partial charge in [-0.1, -0.05) is 48.5 Å². The molecule has 0 amide bonds. The first-order chi connectivity index (χ1) is 6.70. The highest BCUT2D eigenvalue weighted by Gasteiger charge is 1.94. The van der Waals surface area contributed by atoms with E-state index >= 15 is 0 Å². The van der Waals surface area contributed by atoms with E-state index in [0.717, 1.165) is 0 Å². The Balaban J connectivity index is 0.000000213. The largest absolute Gasteiger partial charge is 0.263 e. The van der Waals surface area contributed by atoms with Crippen LogP contribution in [0.5, 0.6) is 0 Å². The average molecular weight is 192 g/mol. The maximum atomic E-state index is 10.1. The Morgan fingerprint density at radius 3 is 1.57 bits per heavy atom. The minimum absolute atomic E-state index is 1.31. The minimum atomic E-state index is -1.83. The normalized spacial score (nSPS) is 9.00. The van der Waals surface area contributed by atoms with E-state index in [4.69, 9.17) is 0 Å². The van der Waals surface area contributed by atoms with Gasteiger partial charge in [0.25, 0.3) is 6.08 Å². The van der Waals surface area contributed by atoms with Gasteiger partial charge in [-0.05, 0) is 17.7 Å². The average Bonchev–Trinajstić information content (AvgIpc) is 2.42. The zero-order valence-electron chi connectivity index (χ0n) is 7.58. The lowest BCUT2D eigenvalue weighted by atomic mass is 10.2. The highest BCUT2D eigenvalue weighted by molar-refractivity contribution is 5.65. The summed E-state index contributed by atoms with van der Waals surface area (Å²) in [6.45, 7) is 2.22. The molecule has 0 saturated heterocycles. The molecule has 0 aliphatic heterocycles. The van der Waals surface area contributed by atoms with Crippen molar-refractivity contribution in [2.45, 2.75) is 0 Å². The summed E-state index contributed by atoms with van der Waals surface area (Å²) in [4.78, 5) is 0.